The Morgan fingerprint density at radius 2 is 2.12 bits per heavy atom. The predicted molar refractivity (Wildman–Crippen MR) is 73.5 cm³/mol. The third kappa shape index (κ3) is 3.65. The lowest BCUT2D eigenvalue weighted by Crippen LogP contribution is -2.22. The molecule has 0 fully saturated rings. The van der Waals surface area contributed by atoms with Crippen molar-refractivity contribution in [2.75, 3.05) is 13.1 Å². The average molecular weight is 246 g/mol. The summed E-state index contributed by atoms with van der Waals surface area (Å²) in [6.45, 7) is 4.17. The third-order valence-corrected chi connectivity index (χ3v) is 3.62. The van der Waals surface area contributed by atoms with Gasteiger partial charge in [-0.2, -0.15) is 0 Å². The van der Waals surface area contributed by atoms with Crippen LogP contribution in [0.5, 0.6) is 0 Å². The molecule has 90 valence electrons. The van der Waals surface area contributed by atoms with E-state index in [2.05, 4.69) is 47.6 Å². The Bertz CT molecular complexity index is 411. The molecule has 1 heterocycles. The van der Waals surface area contributed by atoms with E-state index in [0.717, 1.165) is 19.5 Å². The summed E-state index contributed by atoms with van der Waals surface area (Å²) in [7, 11) is 0. The van der Waals surface area contributed by atoms with Crippen LogP contribution >= 0.6 is 11.3 Å². The zero-order valence-corrected chi connectivity index (χ0v) is 10.9. The quantitative estimate of drug-likeness (QED) is 0.847. The van der Waals surface area contributed by atoms with Crippen LogP contribution in [0.2, 0.25) is 0 Å². The molecule has 1 N–H and O–H groups in total. The molecule has 17 heavy (non-hydrogen) atoms. The van der Waals surface area contributed by atoms with E-state index in [1.165, 1.54) is 10.6 Å². The van der Waals surface area contributed by atoms with E-state index in [0.29, 0.717) is 5.92 Å². The highest BCUT2D eigenvalue weighted by Crippen LogP contribution is 2.21. The maximum absolute atomic E-state index is 4.38. The van der Waals surface area contributed by atoms with Crippen LogP contribution < -0.4 is 5.32 Å². The van der Waals surface area contributed by atoms with E-state index < -0.39 is 0 Å². The summed E-state index contributed by atoms with van der Waals surface area (Å²) in [6.07, 6.45) is 2.91. The Labute approximate surface area is 107 Å². The highest BCUT2D eigenvalue weighted by atomic mass is 32.1. The molecular formula is C14H18N2S. The monoisotopic (exact) mass is 246 g/mol. The van der Waals surface area contributed by atoms with Gasteiger partial charge in [0, 0.05) is 30.5 Å². The number of aromatic nitrogens is 1. The van der Waals surface area contributed by atoms with Gasteiger partial charge < -0.3 is 5.32 Å². The fourth-order valence-corrected chi connectivity index (χ4v) is 2.61. The molecule has 0 amide bonds. The summed E-state index contributed by atoms with van der Waals surface area (Å²) in [5, 5.41) is 6.70. The number of likely N-dealkylation sites (N-methyl/N-ethyl adjacent to an activating group) is 1. The van der Waals surface area contributed by atoms with Gasteiger partial charge in [-0.15, -0.1) is 11.3 Å². The first-order valence-electron chi connectivity index (χ1n) is 6.04. The van der Waals surface area contributed by atoms with Crippen LogP contribution in [0.1, 0.15) is 23.4 Å². The molecule has 0 aliphatic rings. The van der Waals surface area contributed by atoms with Gasteiger partial charge in [-0.3, -0.25) is 0 Å². The molecule has 0 saturated carbocycles. The van der Waals surface area contributed by atoms with Crippen LogP contribution in [0.3, 0.4) is 0 Å². The van der Waals surface area contributed by atoms with Gasteiger partial charge >= 0.3 is 0 Å². The summed E-state index contributed by atoms with van der Waals surface area (Å²) in [5.41, 5.74) is 1.39. The Balaban J connectivity index is 2.08. The van der Waals surface area contributed by atoms with Crippen molar-refractivity contribution >= 4 is 11.3 Å². The second kappa shape index (κ2) is 6.52. The van der Waals surface area contributed by atoms with Crippen LogP contribution in [0.15, 0.2) is 41.9 Å². The molecule has 0 radical (unpaired) electrons. The molecule has 2 nitrogen and oxygen atoms in total. The maximum atomic E-state index is 4.38. The fourth-order valence-electron chi connectivity index (χ4n) is 1.92. The minimum atomic E-state index is 0.516. The van der Waals surface area contributed by atoms with Crippen LogP contribution in [0.4, 0.5) is 0 Å². The van der Waals surface area contributed by atoms with Crippen LogP contribution in [0.25, 0.3) is 0 Å². The molecule has 0 aliphatic heterocycles. The second-order valence-corrected chi connectivity index (χ2v) is 5.02. The molecule has 2 rings (SSSR count). The van der Waals surface area contributed by atoms with Crippen LogP contribution in [-0.2, 0) is 6.42 Å². The lowest BCUT2D eigenvalue weighted by Gasteiger charge is -2.16. The number of nitrogens with one attached hydrogen (secondary N) is 1. The number of benzene rings is 1. The molecule has 0 bridgehead atoms. The van der Waals surface area contributed by atoms with Gasteiger partial charge in [-0.1, -0.05) is 37.3 Å². The van der Waals surface area contributed by atoms with E-state index >= 15 is 0 Å². The lowest BCUT2D eigenvalue weighted by atomic mass is 9.96. The molecule has 1 unspecified atom stereocenters. The molecule has 0 spiro atoms. The Hall–Kier alpha value is -1.19. The zero-order chi connectivity index (χ0) is 11.9. The lowest BCUT2D eigenvalue weighted by molar-refractivity contribution is 0.594. The smallest absolute Gasteiger partial charge is 0.0931 e. The van der Waals surface area contributed by atoms with Crippen molar-refractivity contribution in [1.82, 2.24) is 10.3 Å². The first kappa shape index (κ1) is 12.3. The third-order valence-electron chi connectivity index (χ3n) is 2.82. The Morgan fingerprint density at radius 1 is 1.29 bits per heavy atom. The van der Waals surface area contributed by atoms with E-state index in [-0.39, 0.29) is 0 Å². The number of hydrogen-bond donors (Lipinski definition) is 1. The normalized spacial score (nSPS) is 12.5. The molecular weight excluding hydrogens is 228 g/mol. The van der Waals surface area contributed by atoms with E-state index in [1.54, 1.807) is 11.3 Å². The summed E-state index contributed by atoms with van der Waals surface area (Å²) in [6, 6.07) is 10.7. The van der Waals surface area contributed by atoms with Gasteiger partial charge in [0.15, 0.2) is 0 Å². The van der Waals surface area contributed by atoms with E-state index in [4.69, 9.17) is 0 Å². The van der Waals surface area contributed by atoms with Crippen LogP contribution in [-0.4, -0.2) is 18.1 Å². The van der Waals surface area contributed by atoms with Gasteiger partial charge in [0.25, 0.3) is 0 Å². The number of rotatable bonds is 6. The van der Waals surface area contributed by atoms with Gasteiger partial charge in [0.1, 0.15) is 0 Å². The first-order chi connectivity index (χ1) is 8.40. The summed E-state index contributed by atoms with van der Waals surface area (Å²) in [4.78, 5) is 4.38. The number of hydrogen-bond acceptors (Lipinski definition) is 3. The molecule has 1 aromatic carbocycles. The summed E-state index contributed by atoms with van der Waals surface area (Å²) in [5.74, 6) is 0.516. The number of nitrogens with zero attached hydrogens (tertiary/aromatic N) is 1. The zero-order valence-electron chi connectivity index (χ0n) is 10.1. The fraction of sp³-hybridized carbons (Fsp3) is 0.357. The summed E-state index contributed by atoms with van der Waals surface area (Å²) < 4.78 is 0. The van der Waals surface area contributed by atoms with E-state index in [9.17, 15) is 0 Å². The SMILES string of the molecule is CCNCC(Cc1nccs1)c1ccccc1. The van der Waals surface area contributed by atoms with Crippen molar-refractivity contribution in [3.8, 4) is 0 Å². The number of thiazole rings is 1. The van der Waals surface area contributed by atoms with Crippen molar-refractivity contribution in [1.29, 1.82) is 0 Å². The molecule has 0 aliphatic carbocycles. The van der Waals surface area contributed by atoms with Gasteiger partial charge in [-0.25, -0.2) is 4.98 Å². The van der Waals surface area contributed by atoms with Crippen molar-refractivity contribution in [3.05, 3.63) is 52.5 Å². The second-order valence-electron chi connectivity index (χ2n) is 4.05. The highest BCUT2D eigenvalue weighted by Gasteiger charge is 2.12. The average Bonchev–Trinajstić information content (AvgIpc) is 2.88. The summed E-state index contributed by atoms with van der Waals surface area (Å²) >= 11 is 1.74. The van der Waals surface area contributed by atoms with Crippen LogP contribution in [0, 0.1) is 0 Å². The van der Waals surface area contributed by atoms with Gasteiger partial charge in [0.2, 0.25) is 0 Å². The standard InChI is InChI=1S/C14H18N2S/c1-2-15-11-13(10-14-16-8-9-17-14)12-6-4-3-5-7-12/h3-9,13,15H,2,10-11H2,1H3. The van der Waals surface area contributed by atoms with Gasteiger partial charge in [-0.05, 0) is 12.1 Å². The molecule has 1 aromatic heterocycles. The first-order valence-corrected chi connectivity index (χ1v) is 6.92. The van der Waals surface area contributed by atoms with Crippen molar-refractivity contribution < 1.29 is 0 Å². The molecule has 0 saturated heterocycles. The van der Waals surface area contributed by atoms with E-state index in [1.807, 2.05) is 11.6 Å². The Kier molecular flexibility index (Phi) is 4.71. The topological polar surface area (TPSA) is 24.9 Å². The predicted octanol–water partition coefficient (Wildman–Crippen LogP) is 3.08. The molecule has 1 atom stereocenters. The highest BCUT2D eigenvalue weighted by molar-refractivity contribution is 7.09. The minimum Gasteiger partial charge on any atom is -0.316 e. The van der Waals surface area contributed by atoms with Crippen molar-refractivity contribution in [2.45, 2.75) is 19.3 Å². The maximum Gasteiger partial charge on any atom is 0.0931 e. The van der Waals surface area contributed by atoms with Crippen molar-refractivity contribution in [2.24, 2.45) is 0 Å². The molecule has 2 aromatic rings. The molecule has 3 heteroatoms. The Morgan fingerprint density at radius 3 is 2.76 bits per heavy atom. The van der Waals surface area contributed by atoms with Crippen molar-refractivity contribution in [3.63, 3.8) is 0 Å². The van der Waals surface area contributed by atoms with Gasteiger partial charge in [0.05, 0.1) is 5.01 Å². The minimum absolute atomic E-state index is 0.516. The largest absolute Gasteiger partial charge is 0.316 e.